The van der Waals surface area contributed by atoms with Gasteiger partial charge in [-0.1, -0.05) is 0 Å². The molecule has 0 saturated carbocycles. The van der Waals surface area contributed by atoms with Crippen LogP contribution in [0.5, 0.6) is 11.5 Å². The second-order valence-corrected chi connectivity index (χ2v) is 5.10. The number of carbonyl (C=O) groups excluding carboxylic acids is 3. The summed E-state index contributed by atoms with van der Waals surface area (Å²) in [6, 6.07) is 2.68. The van der Waals surface area contributed by atoms with E-state index in [1.165, 1.54) is 26.4 Å². The second-order valence-electron chi connectivity index (χ2n) is 5.10. The highest BCUT2D eigenvalue weighted by Gasteiger charge is 2.26. The standard InChI is InChI=1S/C18H23NO8/c1-6-26-17(22)15(10(3)20)16(21)11-8-13(24-4)14(25-5)9-12(11)19-18(23)27-7-2/h8-9,21H,6-7H2,1-5H3,(H,19,23)/b16-15-. The van der Waals surface area contributed by atoms with Gasteiger partial charge in [0.1, 0.15) is 11.3 Å². The number of methoxy groups -OCH3 is 2. The molecule has 0 aliphatic rings. The zero-order valence-electron chi connectivity index (χ0n) is 15.9. The van der Waals surface area contributed by atoms with Crippen LogP contribution in [0.1, 0.15) is 26.3 Å². The molecule has 1 aromatic rings. The summed E-state index contributed by atoms with van der Waals surface area (Å²) in [6.45, 7) is 4.44. The number of esters is 1. The Hall–Kier alpha value is -3.23. The molecule has 27 heavy (non-hydrogen) atoms. The Morgan fingerprint density at radius 3 is 2.04 bits per heavy atom. The number of hydrogen-bond donors (Lipinski definition) is 2. The fourth-order valence-electron chi connectivity index (χ4n) is 2.20. The summed E-state index contributed by atoms with van der Waals surface area (Å²) in [6.07, 6.45) is -0.792. The maximum absolute atomic E-state index is 12.1. The molecule has 0 aliphatic heterocycles. The first-order chi connectivity index (χ1) is 12.8. The molecule has 0 radical (unpaired) electrons. The third-order valence-electron chi connectivity index (χ3n) is 3.36. The average Bonchev–Trinajstić information content (AvgIpc) is 2.61. The first kappa shape index (κ1) is 21.8. The number of Topliss-reactive ketones (excluding diaryl/α,β-unsaturated/α-hetero) is 1. The number of hydrogen-bond acceptors (Lipinski definition) is 8. The molecule has 0 atom stereocenters. The van der Waals surface area contributed by atoms with E-state index in [0.29, 0.717) is 0 Å². The molecular weight excluding hydrogens is 358 g/mol. The molecule has 148 valence electrons. The molecule has 0 aliphatic carbocycles. The summed E-state index contributed by atoms with van der Waals surface area (Å²) in [4.78, 5) is 35.8. The van der Waals surface area contributed by atoms with Gasteiger partial charge >= 0.3 is 12.1 Å². The summed E-state index contributed by atoms with van der Waals surface area (Å²) in [5.41, 5.74) is -0.554. The van der Waals surface area contributed by atoms with Gasteiger partial charge in [-0.05, 0) is 26.8 Å². The van der Waals surface area contributed by atoms with Gasteiger partial charge in [-0.15, -0.1) is 0 Å². The molecule has 9 nitrogen and oxygen atoms in total. The molecule has 0 bridgehead atoms. The quantitative estimate of drug-likeness (QED) is 0.232. The molecule has 0 spiro atoms. The summed E-state index contributed by atoms with van der Waals surface area (Å²) < 4.78 is 20.0. The number of amides is 1. The van der Waals surface area contributed by atoms with Crippen molar-refractivity contribution in [2.45, 2.75) is 20.8 Å². The Balaban J connectivity index is 3.65. The number of aliphatic hydroxyl groups is 1. The Kier molecular flexibility index (Phi) is 8.12. The van der Waals surface area contributed by atoms with Gasteiger partial charge in [-0.2, -0.15) is 0 Å². The number of benzene rings is 1. The van der Waals surface area contributed by atoms with E-state index in [0.717, 1.165) is 6.92 Å². The zero-order chi connectivity index (χ0) is 20.6. The predicted octanol–water partition coefficient (Wildman–Crippen LogP) is 2.69. The topological polar surface area (TPSA) is 120 Å². The van der Waals surface area contributed by atoms with Gasteiger partial charge in [-0.25, -0.2) is 9.59 Å². The summed E-state index contributed by atoms with van der Waals surface area (Å²) in [5, 5.41) is 13.1. The van der Waals surface area contributed by atoms with Gasteiger partial charge in [0, 0.05) is 11.6 Å². The van der Waals surface area contributed by atoms with Crippen LogP contribution in [0.15, 0.2) is 17.7 Å². The van der Waals surface area contributed by atoms with E-state index in [2.05, 4.69) is 5.32 Å². The molecule has 1 aromatic carbocycles. The second kappa shape index (κ2) is 10.0. The van der Waals surface area contributed by atoms with Crippen LogP contribution < -0.4 is 14.8 Å². The average molecular weight is 381 g/mol. The van der Waals surface area contributed by atoms with E-state index in [1.54, 1.807) is 13.8 Å². The predicted molar refractivity (Wildman–Crippen MR) is 97.1 cm³/mol. The Labute approximate surface area is 156 Å². The van der Waals surface area contributed by atoms with Crippen molar-refractivity contribution < 1.29 is 38.4 Å². The third kappa shape index (κ3) is 5.37. The van der Waals surface area contributed by atoms with Crippen LogP contribution in [0.3, 0.4) is 0 Å². The maximum atomic E-state index is 12.1. The largest absolute Gasteiger partial charge is 0.506 e. The molecule has 0 saturated heterocycles. The van der Waals surface area contributed by atoms with Crippen LogP contribution in [0, 0.1) is 0 Å². The zero-order valence-corrected chi connectivity index (χ0v) is 15.9. The van der Waals surface area contributed by atoms with E-state index in [4.69, 9.17) is 18.9 Å². The highest BCUT2D eigenvalue weighted by molar-refractivity contribution is 6.21. The van der Waals surface area contributed by atoms with Crippen molar-refractivity contribution in [3.05, 3.63) is 23.3 Å². The van der Waals surface area contributed by atoms with Gasteiger partial charge in [-0.3, -0.25) is 10.1 Å². The van der Waals surface area contributed by atoms with Crippen LogP contribution in [0.2, 0.25) is 0 Å². The number of carbonyl (C=O) groups is 3. The number of rotatable bonds is 8. The minimum atomic E-state index is -0.987. The van der Waals surface area contributed by atoms with Crippen LogP contribution in [-0.2, 0) is 19.1 Å². The lowest BCUT2D eigenvalue weighted by Gasteiger charge is -2.16. The van der Waals surface area contributed by atoms with E-state index < -0.39 is 29.2 Å². The number of anilines is 1. The van der Waals surface area contributed by atoms with Crippen LogP contribution >= 0.6 is 0 Å². The van der Waals surface area contributed by atoms with Gasteiger partial charge in [0.15, 0.2) is 17.3 Å². The smallest absolute Gasteiger partial charge is 0.411 e. The Bertz CT molecular complexity index is 754. The first-order valence-corrected chi connectivity index (χ1v) is 8.12. The van der Waals surface area contributed by atoms with Crippen LogP contribution in [0.4, 0.5) is 10.5 Å². The fraction of sp³-hybridized carbons (Fsp3) is 0.389. The molecule has 0 aromatic heterocycles. The highest BCUT2D eigenvalue weighted by Crippen LogP contribution is 2.37. The highest BCUT2D eigenvalue weighted by atomic mass is 16.5. The van der Waals surface area contributed by atoms with Crippen molar-refractivity contribution in [2.75, 3.05) is 32.8 Å². The molecule has 0 heterocycles. The van der Waals surface area contributed by atoms with Crippen molar-refractivity contribution >= 4 is 29.3 Å². The molecule has 0 fully saturated rings. The van der Waals surface area contributed by atoms with Crippen molar-refractivity contribution in [1.82, 2.24) is 0 Å². The first-order valence-electron chi connectivity index (χ1n) is 8.12. The van der Waals surface area contributed by atoms with Crippen molar-refractivity contribution in [3.8, 4) is 11.5 Å². The van der Waals surface area contributed by atoms with Gasteiger partial charge in [0.05, 0.1) is 33.1 Å². The molecule has 1 amide bonds. The van der Waals surface area contributed by atoms with Gasteiger partial charge < -0.3 is 24.1 Å². The van der Waals surface area contributed by atoms with E-state index >= 15 is 0 Å². The molecule has 2 N–H and O–H groups in total. The summed E-state index contributed by atoms with van der Waals surface area (Å²) >= 11 is 0. The van der Waals surface area contributed by atoms with E-state index in [1.807, 2.05) is 0 Å². The molecule has 0 unspecified atom stereocenters. The monoisotopic (exact) mass is 381 g/mol. The summed E-state index contributed by atoms with van der Waals surface area (Å²) in [5.74, 6) is -1.91. The molecule has 9 heteroatoms. The fourth-order valence-corrected chi connectivity index (χ4v) is 2.20. The normalized spacial score (nSPS) is 11.1. The number of nitrogens with one attached hydrogen (secondary N) is 1. The Morgan fingerprint density at radius 2 is 1.56 bits per heavy atom. The van der Waals surface area contributed by atoms with E-state index in [9.17, 15) is 19.5 Å². The SMILES string of the molecule is CCOC(=O)Nc1cc(OC)c(OC)cc1/C(O)=C(\C(C)=O)C(=O)OCC. The van der Waals surface area contributed by atoms with E-state index in [-0.39, 0.29) is 36.0 Å². The molecular formula is C18H23NO8. The van der Waals surface area contributed by atoms with Crippen molar-refractivity contribution in [3.63, 3.8) is 0 Å². The minimum Gasteiger partial charge on any atom is -0.506 e. The Morgan fingerprint density at radius 1 is 1.00 bits per heavy atom. The third-order valence-corrected chi connectivity index (χ3v) is 3.36. The lowest BCUT2D eigenvalue weighted by molar-refractivity contribution is -0.139. The number of aliphatic hydroxyl groups excluding tert-OH is 1. The minimum absolute atomic E-state index is 0.0166. The number of ether oxygens (including phenoxy) is 4. The summed E-state index contributed by atoms with van der Waals surface area (Å²) in [7, 11) is 2.76. The molecule has 1 rings (SSSR count). The van der Waals surface area contributed by atoms with Gasteiger partial charge in [0.2, 0.25) is 0 Å². The lowest BCUT2D eigenvalue weighted by atomic mass is 10.0. The van der Waals surface area contributed by atoms with Crippen molar-refractivity contribution in [1.29, 1.82) is 0 Å². The maximum Gasteiger partial charge on any atom is 0.411 e. The lowest BCUT2D eigenvalue weighted by Crippen LogP contribution is -2.18. The number of ketones is 1. The van der Waals surface area contributed by atoms with Crippen LogP contribution in [-0.4, -0.2) is 50.4 Å². The van der Waals surface area contributed by atoms with Gasteiger partial charge in [0.25, 0.3) is 0 Å². The van der Waals surface area contributed by atoms with Crippen molar-refractivity contribution in [2.24, 2.45) is 0 Å². The van der Waals surface area contributed by atoms with Crippen LogP contribution in [0.25, 0.3) is 5.76 Å².